The highest BCUT2D eigenvalue weighted by molar-refractivity contribution is 5.87. The summed E-state index contributed by atoms with van der Waals surface area (Å²) in [6.07, 6.45) is -0.431. The summed E-state index contributed by atoms with van der Waals surface area (Å²) in [5, 5.41) is 11.4. The van der Waals surface area contributed by atoms with Gasteiger partial charge in [-0.3, -0.25) is 10.1 Å². The number of benzene rings is 1. The molecule has 122 valence electrons. The number of aliphatic carboxylic acids is 1. The Kier molecular flexibility index (Phi) is 5.76. The lowest BCUT2D eigenvalue weighted by molar-refractivity contribution is -0.138. The van der Waals surface area contributed by atoms with Crippen LogP contribution in [0.2, 0.25) is 0 Å². The lowest BCUT2D eigenvalue weighted by Crippen LogP contribution is -2.32. The zero-order valence-corrected chi connectivity index (χ0v) is 13.2. The van der Waals surface area contributed by atoms with Crippen LogP contribution in [0.3, 0.4) is 0 Å². The highest BCUT2D eigenvalue weighted by Crippen LogP contribution is 2.26. The lowest BCUT2D eigenvalue weighted by atomic mass is 10.1. The largest absolute Gasteiger partial charge is 0.495 e. The van der Waals surface area contributed by atoms with Crippen molar-refractivity contribution in [3.8, 4) is 5.75 Å². The maximum Gasteiger partial charge on any atom is 0.412 e. The van der Waals surface area contributed by atoms with Crippen molar-refractivity contribution in [2.24, 2.45) is 5.73 Å². The van der Waals surface area contributed by atoms with E-state index in [1.54, 1.807) is 39.0 Å². The number of carboxylic acids is 1. The van der Waals surface area contributed by atoms with Gasteiger partial charge in [0.05, 0.1) is 12.8 Å². The van der Waals surface area contributed by atoms with Crippen LogP contribution in [0.25, 0.3) is 0 Å². The number of hydrogen-bond acceptors (Lipinski definition) is 5. The number of carbonyl (C=O) groups excluding carboxylic acids is 1. The third-order valence-electron chi connectivity index (χ3n) is 2.67. The molecular formula is C15H22N2O5. The lowest BCUT2D eigenvalue weighted by Gasteiger charge is -2.20. The minimum Gasteiger partial charge on any atom is -0.495 e. The Balaban J connectivity index is 2.85. The summed E-state index contributed by atoms with van der Waals surface area (Å²) < 4.78 is 10.4. The van der Waals surface area contributed by atoms with Gasteiger partial charge in [-0.15, -0.1) is 0 Å². The number of methoxy groups -OCH3 is 1. The van der Waals surface area contributed by atoms with Crippen molar-refractivity contribution in [2.75, 3.05) is 12.4 Å². The summed E-state index contributed by atoms with van der Waals surface area (Å²) in [6, 6.07) is 3.94. The molecule has 0 fully saturated rings. The first kappa shape index (κ1) is 17.8. The van der Waals surface area contributed by atoms with Crippen LogP contribution in [-0.2, 0) is 16.0 Å². The Morgan fingerprint density at radius 1 is 1.36 bits per heavy atom. The van der Waals surface area contributed by atoms with Gasteiger partial charge in [0.1, 0.15) is 17.4 Å². The number of hydrogen-bond donors (Lipinski definition) is 3. The molecule has 0 heterocycles. The van der Waals surface area contributed by atoms with Gasteiger partial charge in [0.15, 0.2) is 0 Å². The predicted octanol–water partition coefficient (Wildman–Crippen LogP) is 2.00. The summed E-state index contributed by atoms with van der Waals surface area (Å²) in [7, 11) is 1.45. The van der Waals surface area contributed by atoms with Crippen LogP contribution in [0.5, 0.6) is 5.75 Å². The summed E-state index contributed by atoms with van der Waals surface area (Å²) in [5.74, 6) is -0.670. The molecular weight excluding hydrogens is 288 g/mol. The first-order valence-corrected chi connectivity index (χ1v) is 6.77. The average Bonchev–Trinajstić information content (AvgIpc) is 2.38. The second-order valence-corrected chi connectivity index (χ2v) is 5.81. The van der Waals surface area contributed by atoms with Crippen molar-refractivity contribution in [1.82, 2.24) is 0 Å². The summed E-state index contributed by atoms with van der Waals surface area (Å²) >= 11 is 0. The number of nitrogens with one attached hydrogen (secondary N) is 1. The standard InChI is InChI=1S/C15H22N2O5/c1-15(2,3)22-14(20)17-11-6-5-9(8-12(11)21-4)7-10(16)13(18)19/h5-6,8,10H,7,16H2,1-4H3,(H,17,20)(H,18,19). The van der Waals surface area contributed by atoms with Crippen molar-refractivity contribution in [3.05, 3.63) is 23.8 Å². The van der Waals surface area contributed by atoms with Crippen LogP contribution in [0.4, 0.5) is 10.5 Å². The van der Waals surface area contributed by atoms with Gasteiger partial charge in [-0.2, -0.15) is 0 Å². The summed E-state index contributed by atoms with van der Waals surface area (Å²) in [5.41, 5.74) is 6.02. The van der Waals surface area contributed by atoms with Crippen LogP contribution in [0, 0.1) is 0 Å². The monoisotopic (exact) mass is 310 g/mol. The number of carbonyl (C=O) groups is 2. The van der Waals surface area contributed by atoms with Gasteiger partial charge in [0.25, 0.3) is 0 Å². The van der Waals surface area contributed by atoms with Crippen molar-refractivity contribution in [2.45, 2.75) is 38.8 Å². The first-order chi connectivity index (χ1) is 10.1. The van der Waals surface area contributed by atoms with E-state index in [0.717, 1.165) is 0 Å². The second-order valence-electron chi connectivity index (χ2n) is 5.81. The topological polar surface area (TPSA) is 111 Å². The van der Waals surface area contributed by atoms with Gasteiger partial charge < -0.3 is 20.3 Å². The first-order valence-electron chi connectivity index (χ1n) is 6.77. The fourth-order valence-corrected chi connectivity index (χ4v) is 1.72. The Labute approximate surface area is 129 Å². The minimum absolute atomic E-state index is 0.165. The molecule has 1 aromatic carbocycles. The fraction of sp³-hybridized carbons (Fsp3) is 0.467. The smallest absolute Gasteiger partial charge is 0.412 e. The molecule has 7 nitrogen and oxygen atoms in total. The molecule has 1 atom stereocenters. The van der Waals surface area contributed by atoms with Gasteiger partial charge in [-0.1, -0.05) is 6.07 Å². The number of nitrogens with two attached hydrogens (primary N) is 1. The van der Waals surface area contributed by atoms with E-state index < -0.39 is 23.7 Å². The van der Waals surface area contributed by atoms with E-state index in [1.807, 2.05) is 0 Å². The van der Waals surface area contributed by atoms with E-state index in [2.05, 4.69) is 5.32 Å². The maximum atomic E-state index is 11.8. The minimum atomic E-state index is -1.07. The maximum absolute atomic E-state index is 11.8. The quantitative estimate of drug-likeness (QED) is 0.767. The van der Waals surface area contributed by atoms with E-state index in [4.69, 9.17) is 20.3 Å². The zero-order chi connectivity index (χ0) is 16.9. The normalized spacial score (nSPS) is 12.4. The number of rotatable bonds is 5. The molecule has 0 aliphatic heterocycles. The molecule has 1 unspecified atom stereocenters. The number of ether oxygens (including phenoxy) is 2. The highest BCUT2D eigenvalue weighted by Gasteiger charge is 2.18. The van der Waals surface area contributed by atoms with Gasteiger partial charge in [0, 0.05) is 0 Å². The molecule has 0 spiro atoms. The molecule has 4 N–H and O–H groups in total. The van der Waals surface area contributed by atoms with Crippen LogP contribution >= 0.6 is 0 Å². The molecule has 22 heavy (non-hydrogen) atoms. The molecule has 1 amide bonds. The number of amides is 1. The SMILES string of the molecule is COc1cc(CC(N)C(=O)O)ccc1NC(=O)OC(C)(C)C. The van der Waals surface area contributed by atoms with E-state index >= 15 is 0 Å². The number of anilines is 1. The van der Waals surface area contributed by atoms with Crippen molar-refractivity contribution >= 4 is 17.7 Å². The summed E-state index contributed by atoms with van der Waals surface area (Å²) in [4.78, 5) is 22.5. The molecule has 7 heteroatoms. The van der Waals surface area contributed by atoms with Crippen LogP contribution in [0.1, 0.15) is 26.3 Å². The molecule has 0 bridgehead atoms. The fourth-order valence-electron chi connectivity index (χ4n) is 1.72. The van der Waals surface area contributed by atoms with E-state index in [9.17, 15) is 9.59 Å². The van der Waals surface area contributed by atoms with E-state index in [-0.39, 0.29) is 6.42 Å². The molecule has 0 saturated carbocycles. The molecule has 0 aliphatic carbocycles. The Bertz CT molecular complexity index is 551. The second kappa shape index (κ2) is 7.13. The van der Waals surface area contributed by atoms with Crippen LogP contribution in [0.15, 0.2) is 18.2 Å². The predicted molar refractivity (Wildman–Crippen MR) is 82.2 cm³/mol. The van der Waals surface area contributed by atoms with E-state index in [1.165, 1.54) is 7.11 Å². The van der Waals surface area contributed by atoms with Gasteiger partial charge in [0.2, 0.25) is 0 Å². The van der Waals surface area contributed by atoms with Crippen molar-refractivity contribution < 1.29 is 24.2 Å². The summed E-state index contributed by atoms with van der Waals surface area (Å²) in [6.45, 7) is 5.29. The zero-order valence-electron chi connectivity index (χ0n) is 13.2. The third kappa shape index (κ3) is 5.61. The molecule has 0 aliphatic rings. The Hall–Kier alpha value is -2.28. The van der Waals surface area contributed by atoms with E-state index in [0.29, 0.717) is 17.0 Å². The molecule has 1 aromatic rings. The Morgan fingerprint density at radius 3 is 2.50 bits per heavy atom. The number of carboxylic acid groups (broad SMARTS) is 1. The molecule has 0 saturated heterocycles. The Morgan fingerprint density at radius 2 is 2.00 bits per heavy atom. The van der Waals surface area contributed by atoms with Crippen molar-refractivity contribution in [3.63, 3.8) is 0 Å². The van der Waals surface area contributed by atoms with Gasteiger partial charge in [-0.25, -0.2) is 4.79 Å². The molecule has 1 rings (SSSR count). The van der Waals surface area contributed by atoms with Crippen molar-refractivity contribution in [1.29, 1.82) is 0 Å². The van der Waals surface area contributed by atoms with Gasteiger partial charge in [-0.05, 0) is 44.9 Å². The molecule has 0 aromatic heterocycles. The average molecular weight is 310 g/mol. The van der Waals surface area contributed by atoms with Crippen LogP contribution in [-0.4, -0.2) is 35.9 Å². The van der Waals surface area contributed by atoms with Gasteiger partial charge >= 0.3 is 12.1 Å². The van der Waals surface area contributed by atoms with Crippen LogP contribution < -0.4 is 15.8 Å². The molecule has 0 radical (unpaired) electrons. The highest BCUT2D eigenvalue weighted by atomic mass is 16.6. The third-order valence-corrected chi connectivity index (χ3v) is 2.67.